The van der Waals surface area contributed by atoms with E-state index in [1.165, 1.54) is 0 Å². The Bertz CT molecular complexity index is 640. The van der Waals surface area contributed by atoms with Gasteiger partial charge in [0.25, 0.3) is 0 Å². The molecule has 0 aliphatic heterocycles. The van der Waals surface area contributed by atoms with E-state index >= 15 is 0 Å². The van der Waals surface area contributed by atoms with Crippen molar-refractivity contribution in [3.8, 4) is 5.75 Å². The van der Waals surface area contributed by atoms with Gasteiger partial charge in [0.15, 0.2) is 0 Å². The largest absolute Gasteiger partial charge is 0.489 e. The number of carbonyl (C=O) groups is 1. The molecule has 0 spiro atoms. The second-order valence-electron chi connectivity index (χ2n) is 6.32. The monoisotopic (exact) mass is 327 g/mol. The molecule has 24 heavy (non-hydrogen) atoms. The Morgan fingerprint density at radius 3 is 2.46 bits per heavy atom. The molecular formula is C20H25NO3. The van der Waals surface area contributed by atoms with Crippen LogP contribution >= 0.6 is 0 Å². The van der Waals surface area contributed by atoms with Gasteiger partial charge in [-0.2, -0.15) is 0 Å². The Kier molecular flexibility index (Phi) is 6.82. The van der Waals surface area contributed by atoms with E-state index in [0.29, 0.717) is 25.5 Å². The molecule has 0 aliphatic rings. The standard InChI is InChI=1S/C20H25NO3/c1-15(2)11-19(20(22)23)21-13-17-9-6-10-18(12-17)24-14-16-7-4-3-5-8-16/h3-10,12,15,19,21H,11,13-14H2,1-2H3,(H,22,23)/t19-/m1/s1. The van der Waals surface area contributed by atoms with E-state index in [1.54, 1.807) is 0 Å². The number of carboxylic acids is 1. The van der Waals surface area contributed by atoms with E-state index in [0.717, 1.165) is 16.9 Å². The van der Waals surface area contributed by atoms with Crippen LogP contribution < -0.4 is 10.1 Å². The van der Waals surface area contributed by atoms with E-state index in [1.807, 2.05) is 68.4 Å². The van der Waals surface area contributed by atoms with Gasteiger partial charge in [0, 0.05) is 6.54 Å². The molecule has 1 atom stereocenters. The van der Waals surface area contributed by atoms with Gasteiger partial charge in [-0.25, -0.2) is 0 Å². The van der Waals surface area contributed by atoms with E-state index < -0.39 is 12.0 Å². The maximum Gasteiger partial charge on any atom is 0.320 e. The predicted molar refractivity (Wildman–Crippen MR) is 94.9 cm³/mol. The number of nitrogens with one attached hydrogen (secondary N) is 1. The number of ether oxygens (including phenoxy) is 1. The first-order chi connectivity index (χ1) is 11.5. The van der Waals surface area contributed by atoms with Crippen LogP contribution in [-0.2, 0) is 17.9 Å². The Hall–Kier alpha value is -2.33. The molecule has 0 amide bonds. The number of rotatable bonds is 9. The molecular weight excluding hydrogens is 302 g/mol. The first-order valence-corrected chi connectivity index (χ1v) is 8.26. The molecule has 0 aromatic heterocycles. The molecule has 2 rings (SSSR count). The highest BCUT2D eigenvalue weighted by Gasteiger charge is 2.17. The molecule has 0 heterocycles. The Balaban J connectivity index is 1.91. The molecule has 0 radical (unpaired) electrons. The highest BCUT2D eigenvalue weighted by atomic mass is 16.5. The minimum Gasteiger partial charge on any atom is -0.489 e. The third-order valence-electron chi connectivity index (χ3n) is 3.70. The van der Waals surface area contributed by atoms with Crippen LogP contribution in [0.4, 0.5) is 0 Å². The highest BCUT2D eigenvalue weighted by Crippen LogP contribution is 2.16. The summed E-state index contributed by atoms with van der Waals surface area (Å²) in [6, 6.07) is 17.2. The van der Waals surface area contributed by atoms with Crippen LogP contribution in [0.2, 0.25) is 0 Å². The second-order valence-corrected chi connectivity index (χ2v) is 6.32. The molecule has 128 valence electrons. The third-order valence-corrected chi connectivity index (χ3v) is 3.70. The zero-order valence-electron chi connectivity index (χ0n) is 14.2. The topological polar surface area (TPSA) is 58.6 Å². The van der Waals surface area contributed by atoms with Crippen LogP contribution in [0.1, 0.15) is 31.4 Å². The van der Waals surface area contributed by atoms with Gasteiger partial charge >= 0.3 is 5.97 Å². The van der Waals surface area contributed by atoms with Crippen LogP contribution in [0, 0.1) is 5.92 Å². The lowest BCUT2D eigenvalue weighted by Crippen LogP contribution is -2.37. The summed E-state index contributed by atoms with van der Waals surface area (Å²) in [5, 5.41) is 12.4. The Morgan fingerprint density at radius 1 is 1.08 bits per heavy atom. The number of hydrogen-bond acceptors (Lipinski definition) is 3. The van der Waals surface area contributed by atoms with Gasteiger partial charge in [0.1, 0.15) is 18.4 Å². The fraction of sp³-hybridized carbons (Fsp3) is 0.350. The van der Waals surface area contributed by atoms with E-state index in [-0.39, 0.29) is 0 Å². The van der Waals surface area contributed by atoms with Gasteiger partial charge in [0.05, 0.1) is 0 Å². The highest BCUT2D eigenvalue weighted by molar-refractivity contribution is 5.73. The third kappa shape index (κ3) is 6.05. The molecule has 0 aliphatic carbocycles. The van der Waals surface area contributed by atoms with Gasteiger partial charge in [-0.15, -0.1) is 0 Å². The molecule has 0 saturated heterocycles. The van der Waals surface area contributed by atoms with Gasteiger partial charge in [0.2, 0.25) is 0 Å². The summed E-state index contributed by atoms with van der Waals surface area (Å²) in [6.07, 6.45) is 0.611. The van der Waals surface area contributed by atoms with Crippen molar-refractivity contribution >= 4 is 5.97 Å². The van der Waals surface area contributed by atoms with E-state index in [9.17, 15) is 9.90 Å². The average molecular weight is 327 g/mol. The lowest BCUT2D eigenvalue weighted by Gasteiger charge is -2.16. The lowest BCUT2D eigenvalue weighted by molar-refractivity contribution is -0.140. The van der Waals surface area contributed by atoms with Crippen molar-refractivity contribution in [3.05, 3.63) is 65.7 Å². The number of carboxylic acid groups (broad SMARTS) is 1. The molecule has 2 aromatic carbocycles. The zero-order valence-corrected chi connectivity index (χ0v) is 14.2. The number of hydrogen-bond donors (Lipinski definition) is 2. The Labute approximate surface area is 143 Å². The first-order valence-electron chi connectivity index (χ1n) is 8.26. The average Bonchev–Trinajstić information content (AvgIpc) is 2.57. The van der Waals surface area contributed by atoms with Gasteiger partial charge in [-0.3, -0.25) is 4.79 Å². The van der Waals surface area contributed by atoms with Crippen molar-refractivity contribution in [1.82, 2.24) is 5.32 Å². The normalized spacial score (nSPS) is 12.1. The number of benzene rings is 2. The minimum absolute atomic E-state index is 0.333. The van der Waals surface area contributed by atoms with Gasteiger partial charge in [-0.1, -0.05) is 56.3 Å². The van der Waals surface area contributed by atoms with Crippen LogP contribution in [0.15, 0.2) is 54.6 Å². The minimum atomic E-state index is -0.805. The molecule has 0 unspecified atom stereocenters. The maximum absolute atomic E-state index is 11.3. The van der Waals surface area contributed by atoms with Crippen LogP contribution in [0.25, 0.3) is 0 Å². The zero-order chi connectivity index (χ0) is 17.4. The quantitative estimate of drug-likeness (QED) is 0.734. The summed E-state index contributed by atoms with van der Waals surface area (Å²) in [6.45, 7) is 5.07. The molecule has 0 bridgehead atoms. The molecule has 4 heteroatoms. The Morgan fingerprint density at radius 2 is 1.79 bits per heavy atom. The second kappa shape index (κ2) is 9.08. The molecule has 0 fully saturated rings. The summed E-state index contributed by atoms with van der Waals surface area (Å²) < 4.78 is 5.81. The van der Waals surface area contributed by atoms with E-state index in [2.05, 4.69) is 5.32 Å². The van der Waals surface area contributed by atoms with Crippen molar-refractivity contribution in [3.63, 3.8) is 0 Å². The lowest BCUT2D eigenvalue weighted by atomic mass is 10.0. The van der Waals surface area contributed by atoms with Crippen LogP contribution in [0.5, 0.6) is 5.75 Å². The van der Waals surface area contributed by atoms with Crippen molar-refractivity contribution in [2.75, 3.05) is 0 Å². The van der Waals surface area contributed by atoms with Gasteiger partial charge in [-0.05, 0) is 35.6 Å². The molecule has 0 saturated carbocycles. The predicted octanol–water partition coefficient (Wildman–Crippen LogP) is 3.85. The molecule has 4 nitrogen and oxygen atoms in total. The smallest absolute Gasteiger partial charge is 0.320 e. The van der Waals surface area contributed by atoms with Crippen molar-refractivity contribution in [1.29, 1.82) is 0 Å². The summed E-state index contributed by atoms with van der Waals surface area (Å²) in [7, 11) is 0. The fourth-order valence-electron chi connectivity index (χ4n) is 2.47. The van der Waals surface area contributed by atoms with Crippen molar-refractivity contribution < 1.29 is 14.6 Å². The molecule has 2 aromatic rings. The van der Waals surface area contributed by atoms with E-state index in [4.69, 9.17) is 4.74 Å². The fourth-order valence-corrected chi connectivity index (χ4v) is 2.47. The summed E-state index contributed by atoms with van der Waals surface area (Å²) >= 11 is 0. The van der Waals surface area contributed by atoms with Crippen LogP contribution in [-0.4, -0.2) is 17.1 Å². The van der Waals surface area contributed by atoms with Crippen molar-refractivity contribution in [2.24, 2.45) is 5.92 Å². The van der Waals surface area contributed by atoms with Crippen molar-refractivity contribution in [2.45, 2.75) is 39.5 Å². The summed E-state index contributed by atoms with van der Waals surface area (Å²) in [4.78, 5) is 11.3. The first kappa shape index (κ1) is 18.0. The summed E-state index contributed by atoms with van der Waals surface area (Å²) in [5.41, 5.74) is 2.12. The summed E-state index contributed by atoms with van der Waals surface area (Å²) in [5.74, 6) is 0.313. The van der Waals surface area contributed by atoms with Crippen LogP contribution in [0.3, 0.4) is 0 Å². The maximum atomic E-state index is 11.3. The number of aliphatic carboxylic acids is 1. The molecule has 2 N–H and O–H groups in total. The SMILES string of the molecule is CC(C)C[C@@H](NCc1cccc(OCc2ccccc2)c1)C(=O)O. The van der Waals surface area contributed by atoms with Gasteiger partial charge < -0.3 is 15.2 Å².